The van der Waals surface area contributed by atoms with Crippen molar-refractivity contribution in [1.82, 2.24) is 0 Å². The molecule has 0 unspecified atom stereocenters. The SMILES string of the molecule is CC1CCC(c2ccc(-c3cc(Cl)c4c(F)c(C#CC(F)(F)F)c(F)cc4c3)c(F)c2)CC1. The molecule has 4 rings (SSSR count). The maximum Gasteiger partial charge on any atom is 0.458 e. The van der Waals surface area contributed by atoms with E-state index in [0.717, 1.165) is 43.2 Å². The summed E-state index contributed by atoms with van der Waals surface area (Å²) >= 11 is 6.20. The Balaban J connectivity index is 1.74. The van der Waals surface area contributed by atoms with Gasteiger partial charge in [-0.2, -0.15) is 13.2 Å². The first-order valence-corrected chi connectivity index (χ1v) is 10.9. The topological polar surface area (TPSA) is 0 Å². The molecule has 3 aromatic rings. The van der Waals surface area contributed by atoms with Crippen LogP contribution in [-0.4, -0.2) is 6.18 Å². The normalized spacial score (nSPS) is 18.8. The number of hydrogen-bond acceptors (Lipinski definition) is 0. The second-order valence-electron chi connectivity index (χ2n) is 8.55. The first-order chi connectivity index (χ1) is 15.5. The van der Waals surface area contributed by atoms with Gasteiger partial charge in [0.2, 0.25) is 0 Å². The Morgan fingerprint density at radius 1 is 0.909 bits per heavy atom. The van der Waals surface area contributed by atoms with Crippen LogP contribution in [0, 0.1) is 35.2 Å². The van der Waals surface area contributed by atoms with Crippen LogP contribution < -0.4 is 0 Å². The van der Waals surface area contributed by atoms with Crippen LogP contribution in [0.2, 0.25) is 5.02 Å². The highest BCUT2D eigenvalue weighted by atomic mass is 35.5. The van der Waals surface area contributed by atoms with Gasteiger partial charge in [0.15, 0.2) is 5.82 Å². The maximum absolute atomic E-state index is 15.0. The molecule has 0 spiro atoms. The number of halogens is 7. The monoisotopic (exact) mass is 480 g/mol. The van der Waals surface area contributed by atoms with Crippen molar-refractivity contribution in [1.29, 1.82) is 0 Å². The van der Waals surface area contributed by atoms with Crippen molar-refractivity contribution in [3.05, 3.63) is 70.0 Å². The van der Waals surface area contributed by atoms with Gasteiger partial charge in [-0.3, -0.25) is 0 Å². The number of benzene rings is 3. The molecule has 1 aliphatic carbocycles. The molecule has 0 nitrogen and oxygen atoms in total. The van der Waals surface area contributed by atoms with E-state index in [2.05, 4.69) is 6.92 Å². The van der Waals surface area contributed by atoms with Crippen LogP contribution in [0.3, 0.4) is 0 Å². The minimum absolute atomic E-state index is 0.00481. The molecule has 1 saturated carbocycles. The largest absolute Gasteiger partial charge is 0.458 e. The van der Waals surface area contributed by atoms with Crippen molar-refractivity contribution in [2.45, 2.75) is 44.7 Å². The van der Waals surface area contributed by atoms with E-state index >= 15 is 4.39 Å². The van der Waals surface area contributed by atoms with Crippen LogP contribution in [-0.2, 0) is 0 Å². The van der Waals surface area contributed by atoms with E-state index in [-0.39, 0.29) is 21.4 Å². The summed E-state index contributed by atoms with van der Waals surface area (Å²) < 4.78 is 81.3. The average Bonchev–Trinajstić information content (AvgIpc) is 2.72. The summed E-state index contributed by atoms with van der Waals surface area (Å²) in [6.45, 7) is 2.21. The molecule has 0 aliphatic heterocycles. The van der Waals surface area contributed by atoms with E-state index in [1.54, 1.807) is 6.07 Å². The predicted molar refractivity (Wildman–Crippen MR) is 118 cm³/mol. The van der Waals surface area contributed by atoms with Gasteiger partial charge >= 0.3 is 6.18 Å². The van der Waals surface area contributed by atoms with Crippen molar-refractivity contribution in [3.63, 3.8) is 0 Å². The molecule has 0 atom stereocenters. The van der Waals surface area contributed by atoms with Crippen molar-refractivity contribution in [3.8, 4) is 23.0 Å². The van der Waals surface area contributed by atoms with Gasteiger partial charge in [0.25, 0.3) is 0 Å². The Labute approximate surface area is 192 Å². The highest BCUT2D eigenvalue weighted by molar-refractivity contribution is 6.36. The lowest BCUT2D eigenvalue weighted by atomic mass is 9.79. The Morgan fingerprint density at radius 2 is 1.61 bits per heavy atom. The molecule has 0 N–H and O–H groups in total. The molecule has 0 saturated heterocycles. The summed E-state index contributed by atoms with van der Waals surface area (Å²) in [5.74, 6) is 0.296. The molecular formula is C26H19ClF6. The Bertz CT molecular complexity index is 1270. The summed E-state index contributed by atoms with van der Waals surface area (Å²) in [4.78, 5) is 0. The van der Waals surface area contributed by atoms with Crippen molar-refractivity contribution in [2.75, 3.05) is 0 Å². The molecule has 7 heteroatoms. The van der Waals surface area contributed by atoms with Crippen LogP contribution >= 0.6 is 11.6 Å². The lowest BCUT2D eigenvalue weighted by molar-refractivity contribution is -0.0696. The van der Waals surface area contributed by atoms with Gasteiger partial charge in [0.05, 0.1) is 10.6 Å². The molecule has 3 aromatic carbocycles. The van der Waals surface area contributed by atoms with Crippen LogP contribution in [0.5, 0.6) is 0 Å². The fourth-order valence-corrected chi connectivity index (χ4v) is 4.74. The smallest absolute Gasteiger partial charge is 0.206 e. The third-order valence-electron chi connectivity index (χ3n) is 6.20. The van der Waals surface area contributed by atoms with E-state index < -0.39 is 29.2 Å². The van der Waals surface area contributed by atoms with Crippen LogP contribution in [0.1, 0.15) is 49.7 Å². The standard InChI is InChI=1S/C26H19ClF6/c1-14-2-4-15(5-3-14)16-6-7-19(22(28)12-16)17-10-18-13-23(29)20(8-9-26(31,32)33)25(30)24(18)21(27)11-17/h6-7,10-15H,2-5H2,1H3. The summed E-state index contributed by atoms with van der Waals surface area (Å²) in [6, 6.07) is 8.49. The van der Waals surface area contributed by atoms with Crippen LogP contribution in [0.25, 0.3) is 21.9 Å². The molecule has 172 valence electrons. The lowest BCUT2D eigenvalue weighted by Crippen LogP contribution is -2.11. The highest BCUT2D eigenvalue weighted by Crippen LogP contribution is 2.39. The predicted octanol–water partition coefficient (Wildman–Crippen LogP) is 8.79. The maximum atomic E-state index is 15.0. The van der Waals surface area contributed by atoms with Crippen molar-refractivity contribution < 1.29 is 26.3 Å². The van der Waals surface area contributed by atoms with Crippen LogP contribution in [0.15, 0.2) is 36.4 Å². The fourth-order valence-electron chi connectivity index (χ4n) is 4.43. The Hall–Kier alpha value is -2.65. The molecule has 0 radical (unpaired) electrons. The Morgan fingerprint density at radius 3 is 2.24 bits per heavy atom. The average molecular weight is 481 g/mol. The number of hydrogen-bond donors (Lipinski definition) is 0. The van der Waals surface area contributed by atoms with Crippen molar-refractivity contribution >= 4 is 22.4 Å². The zero-order valence-electron chi connectivity index (χ0n) is 17.6. The highest BCUT2D eigenvalue weighted by Gasteiger charge is 2.25. The molecule has 1 aliphatic rings. The van der Waals surface area contributed by atoms with E-state index in [0.29, 0.717) is 17.4 Å². The van der Waals surface area contributed by atoms with Gasteiger partial charge in [0, 0.05) is 16.9 Å². The van der Waals surface area contributed by atoms with Gasteiger partial charge in [-0.05, 0) is 65.5 Å². The van der Waals surface area contributed by atoms with Gasteiger partial charge in [-0.25, -0.2) is 13.2 Å². The molecular weight excluding hydrogens is 462 g/mol. The second-order valence-corrected chi connectivity index (χ2v) is 8.95. The van der Waals surface area contributed by atoms with Gasteiger partial charge in [-0.15, -0.1) is 0 Å². The molecule has 0 aromatic heterocycles. The summed E-state index contributed by atoms with van der Waals surface area (Å²) in [6.07, 6.45) is -0.706. The zero-order chi connectivity index (χ0) is 23.9. The quantitative estimate of drug-likeness (QED) is 0.254. The molecule has 0 heterocycles. The third kappa shape index (κ3) is 4.99. The number of rotatable bonds is 2. The van der Waals surface area contributed by atoms with Crippen molar-refractivity contribution in [2.24, 2.45) is 5.92 Å². The first kappa shape index (κ1) is 23.5. The molecule has 0 bridgehead atoms. The fraction of sp³-hybridized carbons (Fsp3) is 0.308. The second kappa shape index (κ2) is 8.95. The van der Waals surface area contributed by atoms with Gasteiger partial charge in [-0.1, -0.05) is 49.4 Å². The summed E-state index contributed by atoms with van der Waals surface area (Å²) in [7, 11) is 0. The summed E-state index contributed by atoms with van der Waals surface area (Å²) in [5.41, 5.74) is 0.419. The minimum atomic E-state index is -4.90. The van der Waals surface area contributed by atoms with Gasteiger partial charge in [0.1, 0.15) is 11.6 Å². The van der Waals surface area contributed by atoms with Crippen LogP contribution in [0.4, 0.5) is 26.3 Å². The molecule has 33 heavy (non-hydrogen) atoms. The third-order valence-corrected chi connectivity index (χ3v) is 6.50. The lowest BCUT2D eigenvalue weighted by Gasteiger charge is -2.26. The number of fused-ring (bicyclic) bond motifs is 1. The molecule has 1 fully saturated rings. The summed E-state index contributed by atoms with van der Waals surface area (Å²) in [5, 5.41) is -0.462. The first-order valence-electron chi connectivity index (χ1n) is 10.5. The zero-order valence-corrected chi connectivity index (χ0v) is 18.3. The Kier molecular flexibility index (Phi) is 6.37. The van der Waals surface area contributed by atoms with E-state index in [1.807, 2.05) is 6.07 Å². The molecule has 0 amide bonds. The van der Waals surface area contributed by atoms with Gasteiger partial charge < -0.3 is 0 Å². The van der Waals surface area contributed by atoms with E-state index in [1.165, 1.54) is 24.1 Å². The number of alkyl halides is 3. The minimum Gasteiger partial charge on any atom is -0.206 e. The van der Waals surface area contributed by atoms with E-state index in [9.17, 15) is 22.0 Å². The van der Waals surface area contributed by atoms with E-state index in [4.69, 9.17) is 11.6 Å².